The Morgan fingerprint density at radius 3 is 2.35 bits per heavy atom. The van der Waals surface area contributed by atoms with Gasteiger partial charge in [0.15, 0.2) is 0 Å². The number of rotatable bonds is 7. The number of anilines is 1. The summed E-state index contributed by atoms with van der Waals surface area (Å²) in [5.74, 6) is -0.944. The van der Waals surface area contributed by atoms with Gasteiger partial charge in [0.1, 0.15) is 6.04 Å². The zero-order valence-corrected chi connectivity index (χ0v) is 13.3. The molecule has 0 aromatic heterocycles. The van der Waals surface area contributed by atoms with Crippen LogP contribution >= 0.6 is 0 Å². The molecule has 1 aromatic carbocycles. The Morgan fingerprint density at radius 1 is 1.26 bits per heavy atom. The Labute approximate surface area is 135 Å². The van der Waals surface area contributed by atoms with E-state index in [1.807, 2.05) is 13.8 Å². The van der Waals surface area contributed by atoms with Gasteiger partial charge >= 0.3 is 5.97 Å². The van der Waals surface area contributed by atoms with Crippen molar-refractivity contribution in [2.24, 2.45) is 11.8 Å². The van der Waals surface area contributed by atoms with Crippen LogP contribution in [0.3, 0.4) is 0 Å². The number of nitrogens with one attached hydrogen (secondary N) is 2. The van der Waals surface area contributed by atoms with Crippen molar-refractivity contribution in [1.29, 1.82) is 0 Å². The smallest absolute Gasteiger partial charge is 0.326 e. The van der Waals surface area contributed by atoms with Crippen LogP contribution in [0, 0.1) is 11.8 Å². The second kappa shape index (κ2) is 7.26. The highest BCUT2D eigenvalue weighted by Gasteiger charge is 2.39. The Hall–Kier alpha value is -2.37. The molecule has 3 unspecified atom stereocenters. The van der Waals surface area contributed by atoms with E-state index in [0.29, 0.717) is 30.0 Å². The molecule has 0 spiro atoms. The summed E-state index contributed by atoms with van der Waals surface area (Å²) in [4.78, 5) is 35.0. The quantitative estimate of drug-likeness (QED) is 0.718. The van der Waals surface area contributed by atoms with E-state index in [1.165, 1.54) is 0 Å². The normalized spacial score (nSPS) is 20.4. The molecule has 0 bridgehead atoms. The maximum absolute atomic E-state index is 12.1. The average molecular weight is 318 g/mol. The van der Waals surface area contributed by atoms with Gasteiger partial charge in [0.05, 0.1) is 0 Å². The summed E-state index contributed by atoms with van der Waals surface area (Å²) in [5, 5.41) is 14.4. The van der Waals surface area contributed by atoms with Crippen molar-refractivity contribution in [3.8, 4) is 0 Å². The second-order valence-electron chi connectivity index (χ2n) is 6.04. The first-order valence-corrected chi connectivity index (χ1v) is 7.87. The molecule has 2 amide bonds. The van der Waals surface area contributed by atoms with Crippen LogP contribution in [-0.2, 0) is 9.59 Å². The highest BCUT2D eigenvalue weighted by atomic mass is 16.4. The van der Waals surface area contributed by atoms with Gasteiger partial charge in [-0.2, -0.15) is 0 Å². The van der Waals surface area contributed by atoms with E-state index in [1.54, 1.807) is 24.3 Å². The van der Waals surface area contributed by atoms with Gasteiger partial charge in [0.25, 0.3) is 5.91 Å². The predicted octanol–water partition coefficient (Wildman–Crippen LogP) is 2.26. The minimum Gasteiger partial charge on any atom is -0.480 e. The fourth-order valence-corrected chi connectivity index (χ4v) is 2.41. The molecular formula is C17H22N2O4. The molecule has 6 heteroatoms. The van der Waals surface area contributed by atoms with Crippen LogP contribution in [-0.4, -0.2) is 28.9 Å². The molecule has 1 saturated carbocycles. The zero-order chi connectivity index (χ0) is 17.0. The number of hydrogen-bond donors (Lipinski definition) is 3. The van der Waals surface area contributed by atoms with Crippen LogP contribution in [0.15, 0.2) is 24.3 Å². The third kappa shape index (κ3) is 4.55. The van der Waals surface area contributed by atoms with E-state index in [4.69, 9.17) is 5.11 Å². The van der Waals surface area contributed by atoms with Crippen molar-refractivity contribution >= 4 is 23.5 Å². The van der Waals surface area contributed by atoms with E-state index in [9.17, 15) is 14.4 Å². The molecule has 1 aliphatic rings. The number of hydrogen-bond acceptors (Lipinski definition) is 3. The van der Waals surface area contributed by atoms with Crippen molar-refractivity contribution in [2.45, 2.75) is 39.2 Å². The molecule has 6 nitrogen and oxygen atoms in total. The summed E-state index contributed by atoms with van der Waals surface area (Å²) in [7, 11) is 0. The van der Waals surface area contributed by atoms with Crippen molar-refractivity contribution < 1.29 is 19.5 Å². The predicted molar refractivity (Wildman–Crippen MR) is 86.1 cm³/mol. The van der Waals surface area contributed by atoms with Crippen LogP contribution < -0.4 is 10.6 Å². The Morgan fingerprint density at radius 2 is 1.87 bits per heavy atom. The van der Waals surface area contributed by atoms with Gasteiger partial charge in [-0.3, -0.25) is 9.59 Å². The van der Waals surface area contributed by atoms with Crippen LogP contribution in [0.2, 0.25) is 0 Å². The van der Waals surface area contributed by atoms with Crippen LogP contribution in [0.5, 0.6) is 0 Å². The maximum Gasteiger partial charge on any atom is 0.326 e. The van der Waals surface area contributed by atoms with E-state index in [0.717, 1.165) is 6.42 Å². The average Bonchev–Trinajstić information content (AvgIpc) is 3.24. The third-order valence-electron chi connectivity index (χ3n) is 4.04. The molecule has 0 radical (unpaired) electrons. The van der Waals surface area contributed by atoms with Gasteiger partial charge in [-0.25, -0.2) is 4.79 Å². The standard InChI is InChI=1S/C17H22N2O4/c1-3-4-14(17(22)23)19-15(20)11-5-7-12(8-6-11)18-16(21)13-9-10(13)2/h5-8,10,13-14H,3-4,9H2,1-2H3,(H,18,21)(H,19,20)(H,22,23). The molecule has 3 atom stereocenters. The lowest BCUT2D eigenvalue weighted by Gasteiger charge is -2.13. The Balaban J connectivity index is 1.94. The minimum absolute atomic E-state index is 0.00332. The van der Waals surface area contributed by atoms with Crippen LogP contribution in [0.25, 0.3) is 0 Å². The Kier molecular flexibility index (Phi) is 5.36. The van der Waals surface area contributed by atoms with E-state index >= 15 is 0 Å². The van der Waals surface area contributed by atoms with E-state index in [2.05, 4.69) is 10.6 Å². The van der Waals surface area contributed by atoms with Gasteiger partial charge < -0.3 is 15.7 Å². The number of carbonyl (C=O) groups is 3. The number of benzene rings is 1. The Bertz CT molecular complexity index is 597. The van der Waals surface area contributed by atoms with Crippen molar-refractivity contribution in [1.82, 2.24) is 5.32 Å². The van der Waals surface area contributed by atoms with Crippen molar-refractivity contribution in [2.75, 3.05) is 5.32 Å². The van der Waals surface area contributed by atoms with Gasteiger partial charge in [0, 0.05) is 17.2 Å². The highest BCUT2D eigenvalue weighted by molar-refractivity contribution is 5.98. The monoisotopic (exact) mass is 318 g/mol. The third-order valence-corrected chi connectivity index (χ3v) is 4.04. The largest absolute Gasteiger partial charge is 0.480 e. The van der Waals surface area contributed by atoms with Gasteiger partial charge in [-0.1, -0.05) is 20.3 Å². The fraction of sp³-hybridized carbons (Fsp3) is 0.471. The topological polar surface area (TPSA) is 95.5 Å². The summed E-state index contributed by atoms with van der Waals surface area (Å²) in [6.45, 7) is 3.90. The van der Waals surface area contributed by atoms with Crippen LogP contribution in [0.4, 0.5) is 5.69 Å². The molecule has 0 aliphatic heterocycles. The summed E-state index contributed by atoms with van der Waals surface area (Å²) >= 11 is 0. The van der Waals surface area contributed by atoms with E-state index in [-0.39, 0.29) is 11.8 Å². The number of carbonyl (C=O) groups excluding carboxylic acids is 2. The molecule has 1 aromatic rings. The maximum atomic E-state index is 12.1. The fourth-order valence-electron chi connectivity index (χ4n) is 2.41. The number of amides is 2. The zero-order valence-electron chi connectivity index (χ0n) is 13.3. The first kappa shape index (κ1) is 17.0. The van der Waals surface area contributed by atoms with Crippen molar-refractivity contribution in [3.63, 3.8) is 0 Å². The number of carboxylic acid groups (broad SMARTS) is 1. The lowest BCUT2D eigenvalue weighted by Crippen LogP contribution is -2.40. The minimum atomic E-state index is -1.04. The molecular weight excluding hydrogens is 296 g/mol. The summed E-state index contributed by atoms with van der Waals surface area (Å²) < 4.78 is 0. The summed E-state index contributed by atoms with van der Waals surface area (Å²) in [5.41, 5.74) is 0.999. The van der Waals surface area contributed by atoms with Crippen LogP contribution in [0.1, 0.15) is 43.5 Å². The van der Waals surface area contributed by atoms with Gasteiger partial charge in [0.2, 0.25) is 5.91 Å². The SMILES string of the molecule is CCCC(NC(=O)c1ccc(NC(=O)C2CC2C)cc1)C(=O)O. The van der Waals surface area contributed by atoms with Gasteiger partial charge in [-0.15, -0.1) is 0 Å². The number of carboxylic acids is 1. The molecule has 3 N–H and O–H groups in total. The molecule has 23 heavy (non-hydrogen) atoms. The number of aliphatic carboxylic acids is 1. The molecule has 1 aliphatic carbocycles. The molecule has 0 heterocycles. The summed E-state index contributed by atoms with van der Waals surface area (Å²) in [6.07, 6.45) is 1.97. The van der Waals surface area contributed by atoms with Gasteiger partial charge in [-0.05, 0) is 43.0 Å². The highest BCUT2D eigenvalue weighted by Crippen LogP contribution is 2.38. The first-order valence-electron chi connectivity index (χ1n) is 7.87. The first-order chi connectivity index (χ1) is 10.9. The molecule has 2 rings (SSSR count). The molecule has 124 valence electrons. The molecule has 1 fully saturated rings. The van der Waals surface area contributed by atoms with E-state index < -0.39 is 17.9 Å². The lowest BCUT2D eigenvalue weighted by atomic mass is 10.1. The molecule has 0 saturated heterocycles. The second-order valence-corrected chi connectivity index (χ2v) is 6.04. The summed E-state index contributed by atoms with van der Waals surface area (Å²) in [6, 6.07) is 5.56. The van der Waals surface area contributed by atoms with Crippen molar-refractivity contribution in [3.05, 3.63) is 29.8 Å². The lowest BCUT2D eigenvalue weighted by molar-refractivity contribution is -0.139.